The Balaban J connectivity index is 3.08. The predicted octanol–water partition coefficient (Wildman–Crippen LogP) is 1.62. The molecule has 0 amide bonds. The van der Waals surface area contributed by atoms with Gasteiger partial charge in [0.15, 0.2) is 0 Å². The van der Waals surface area contributed by atoms with Gasteiger partial charge in [0.25, 0.3) is 0 Å². The maximum Gasteiger partial charge on any atom is 0.307 e. The van der Waals surface area contributed by atoms with Gasteiger partial charge in [0.1, 0.15) is 0 Å². The summed E-state index contributed by atoms with van der Waals surface area (Å²) >= 11 is 1.38. The lowest BCUT2D eigenvalue weighted by molar-refractivity contribution is -0.141. The Bertz CT molecular complexity index is 114. The zero-order valence-electron chi connectivity index (χ0n) is 7.12. The Hall–Kier alpha value is -0.220. The number of ether oxygens (including phenoxy) is 1. The van der Waals surface area contributed by atoms with Crippen molar-refractivity contribution in [2.75, 3.05) is 13.7 Å². The van der Waals surface area contributed by atoms with Crippen LogP contribution in [0.25, 0.3) is 0 Å². The highest BCUT2D eigenvalue weighted by Gasteiger charge is 2.00. The number of carbonyl (C=O) groups is 1. The number of rotatable bonds is 5. The average Bonchev–Trinajstić information content (AvgIpc) is 1.97. The Morgan fingerprint density at radius 3 is 2.64 bits per heavy atom. The second-order valence-corrected chi connectivity index (χ2v) is 3.66. The van der Waals surface area contributed by atoms with E-state index in [0.717, 1.165) is 0 Å². The molecule has 11 heavy (non-hydrogen) atoms. The van der Waals surface area contributed by atoms with Crippen molar-refractivity contribution in [3.05, 3.63) is 0 Å². The molecule has 0 saturated heterocycles. The van der Waals surface area contributed by atoms with Gasteiger partial charge in [-0.15, -0.1) is 0 Å². The standard InChI is InChI=1S/C7H14O3S/c1-6(2)11-10-5-4-7(8)9-3/h6H,4-5H2,1-3H3. The van der Waals surface area contributed by atoms with Crippen molar-refractivity contribution in [1.82, 2.24) is 0 Å². The Morgan fingerprint density at radius 2 is 2.18 bits per heavy atom. The molecule has 0 spiro atoms. The molecule has 0 N–H and O–H groups in total. The van der Waals surface area contributed by atoms with Crippen LogP contribution >= 0.6 is 12.0 Å². The maximum absolute atomic E-state index is 10.5. The van der Waals surface area contributed by atoms with E-state index >= 15 is 0 Å². The number of hydrogen-bond acceptors (Lipinski definition) is 4. The maximum atomic E-state index is 10.5. The van der Waals surface area contributed by atoms with Crippen molar-refractivity contribution in [2.24, 2.45) is 0 Å². The van der Waals surface area contributed by atoms with Crippen molar-refractivity contribution in [3.63, 3.8) is 0 Å². The first kappa shape index (κ1) is 10.8. The lowest BCUT2D eigenvalue weighted by Gasteiger charge is -2.03. The highest BCUT2D eigenvalue weighted by Crippen LogP contribution is 2.10. The van der Waals surface area contributed by atoms with Gasteiger partial charge in [0.05, 0.1) is 20.1 Å². The first-order valence-corrected chi connectivity index (χ1v) is 4.32. The molecule has 0 aliphatic carbocycles. The minimum absolute atomic E-state index is 0.227. The van der Waals surface area contributed by atoms with E-state index in [0.29, 0.717) is 18.3 Å². The Labute approximate surface area is 71.6 Å². The van der Waals surface area contributed by atoms with Crippen LogP contribution in [-0.2, 0) is 13.7 Å². The highest BCUT2D eigenvalue weighted by molar-refractivity contribution is 7.95. The van der Waals surface area contributed by atoms with E-state index in [2.05, 4.69) is 4.74 Å². The summed E-state index contributed by atoms with van der Waals surface area (Å²) in [6.07, 6.45) is 0.330. The predicted molar refractivity (Wildman–Crippen MR) is 45.3 cm³/mol. The summed E-state index contributed by atoms with van der Waals surface area (Å²) in [5, 5.41) is 0.438. The minimum atomic E-state index is -0.227. The molecule has 0 aliphatic heterocycles. The van der Waals surface area contributed by atoms with Gasteiger partial charge in [-0.3, -0.25) is 4.79 Å². The Morgan fingerprint density at radius 1 is 1.55 bits per heavy atom. The van der Waals surface area contributed by atoms with Gasteiger partial charge in [-0.1, -0.05) is 13.8 Å². The van der Waals surface area contributed by atoms with E-state index in [1.807, 2.05) is 13.8 Å². The van der Waals surface area contributed by atoms with Crippen LogP contribution in [0.1, 0.15) is 20.3 Å². The fourth-order valence-corrected chi connectivity index (χ4v) is 0.863. The van der Waals surface area contributed by atoms with Crippen molar-refractivity contribution in [3.8, 4) is 0 Å². The van der Waals surface area contributed by atoms with E-state index in [1.54, 1.807) is 0 Å². The first-order chi connectivity index (χ1) is 5.16. The third-order valence-electron chi connectivity index (χ3n) is 0.878. The second-order valence-electron chi connectivity index (χ2n) is 2.29. The topological polar surface area (TPSA) is 35.5 Å². The van der Waals surface area contributed by atoms with Crippen molar-refractivity contribution < 1.29 is 13.7 Å². The Kier molecular flexibility index (Phi) is 6.36. The molecule has 0 radical (unpaired) electrons. The molecule has 0 saturated carbocycles. The molecule has 4 heteroatoms. The highest BCUT2D eigenvalue weighted by atomic mass is 32.2. The zero-order chi connectivity index (χ0) is 8.69. The zero-order valence-corrected chi connectivity index (χ0v) is 7.94. The lowest BCUT2D eigenvalue weighted by atomic mass is 10.5. The summed E-state index contributed by atoms with van der Waals surface area (Å²) in [5.41, 5.74) is 0. The summed E-state index contributed by atoms with van der Waals surface area (Å²) in [5.74, 6) is -0.227. The third kappa shape index (κ3) is 7.68. The van der Waals surface area contributed by atoms with Crippen LogP contribution in [0.4, 0.5) is 0 Å². The van der Waals surface area contributed by atoms with E-state index in [9.17, 15) is 4.79 Å². The van der Waals surface area contributed by atoms with Gasteiger partial charge < -0.3 is 8.92 Å². The van der Waals surface area contributed by atoms with Crippen molar-refractivity contribution >= 4 is 18.0 Å². The van der Waals surface area contributed by atoms with E-state index in [4.69, 9.17) is 4.18 Å². The van der Waals surface area contributed by atoms with E-state index in [1.165, 1.54) is 19.2 Å². The lowest BCUT2D eigenvalue weighted by Crippen LogP contribution is -2.04. The largest absolute Gasteiger partial charge is 0.469 e. The molecule has 0 aromatic heterocycles. The van der Waals surface area contributed by atoms with Crippen LogP contribution in [0.15, 0.2) is 0 Å². The SMILES string of the molecule is COC(=O)CCOSC(C)C. The number of carbonyl (C=O) groups excluding carboxylic acids is 1. The quantitative estimate of drug-likeness (QED) is 0.364. The van der Waals surface area contributed by atoms with Gasteiger partial charge >= 0.3 is 5.97 Å². The monoisotopic (exact) mass is 178 g/mol. The fraction of sp³-hybridized carbons (Fsp3) is 0.857. The van der Waals surface area contributed by atoms with Gasteiger partial charge in [-0.25, -0.2) is 0 Å². The molecule has 0 heterocycles. The summed E-state index contributed by atoms with van der Waals surface area (Å²) in [7, 11) is 1.37. The average molecular weight is 178 g/mol. The first-order valence-electron chi connectivity index (χ1n) is 3.52. The van der Waals surface area contributed by atoms with Gasteiger partial charge in [-0.2, -0.15) is 0 Å². The molecule has 0 aromatic carbocycles. The molecule has 0 atom stereocenters. The third-order valence-corrected chi connectivity index (χ3v) is 1.57. The summed E-state index contributed by atoms with van der Waals surface area (Å²) in [6.45, 7) is 4.49. The number of hydrogen-bond donors (Lipinski definition) is 0. The molecule has 0 rings (SSSR count). The van der Waals surface area contributed by atoms with Gasteiger partial charge in [0.2, 0.25) is 0 Å². The molecule has 0 aromatic rings. The van der Waals surface area contributed by atoms with Gasteiger partial charge in [0, 0.05) is 5.25 Å². The molecule has 0 fully saturated rings. The number of esters is 1. The van der Waals surface area contributed by atoms with Crippen molar-refractivity contribution in [2.45, 2.75) is 25.5 Å². The van der Waals surface area contributed by atoms with Crippen molar-refractivity contribution in [1.29, 1.82) is 0 Å². The van der Waals surface area contributed by atoms with E-state index < -0.39 is 0 Å². The van der Waals surface area contributed by atoms with Crippen LogP contribution in [0.2, 0.25) is 0 Å². The smallest absolute Gasteiger partial charge is 0.307 e. The summed E-state index contributed by atoms with van der Waals surface area (Å²) in [4.78, 5) is 10.5. The van der Waals surface area contributed by atoms with Crippen LogP contribution < -0.4 is 0 Å². The summed E-state index contributed by atoms with van der Waals surface area (Å²) < 4.78 is 9.51. The van der Waals surface area contributed by atoms with Crippen LogP contribution in [0, 0.1) is 0 Å². The molecule has 0 aliphatic rings. The van der Waals surface area contributed by atoms with Crippen LogP contribution in [-0.4, -0.2) is 24.9 Å². The fourth-order valence-electron chi connectivity index (χ4n) is 0.411. The molecule has 3 nitrogen and oxygen atoms in total. The molecule has 66 valence electrons. The van der Waals surface area contributed by atoms with Gasteiger partial charge in [-0.05, 0) is 12.0 Å². The molecular formula is C7H14O3S. The molecule has 0 bridgehead atoms. The normalized spacial score (nSPS) is 10.2. The van der Waals surface area contributed by atoms with Crippen LogP contribution in [0.3, 0.4) is 0 Å². The van der Waals surface area contributed by atoms with E-state index in [-0.39, 0.29) is 5.97 Å². The number of methoxy groups -OCH3 is 1. The molecular weight excluding hydrogens is 164 g/mol. The summed E-state index contributed by atoms with van der Waals surface area (Å²) in [6, 6.07) is 0. The second kappa shape index (κ2) is 6.49. The molecule has 0 unspecified atom stereocenters. The minimum Gasteiger partial charge on any atom is -0.469 e. The van der Waals surface area contributed by atoms with Crippen LogP contribution in [0.5, 0.6) is 0 Å².